The van der Waals surface area contributed by atoms with E-state index in [0.29, 0.717) is 35.3 Å². The van der Waals surface area contributed by atoms with E-state index < -0.39 is 0 Å². The van der Waals surface area contributed by atoms with Crippen molar-refractivity contribution < 1.29 is 14.4 Å². The zero-order valence-corrected chi connectivity index (χ0v) is 22.1. The normalized spacial score (nSPS) is 13.1. The molecule has 1 heterocycles. The second-order valence-corrected chi connectivity index (χ2v) is 9.57. The number of carbonyl (C=O) groups excluding carboxylic acids is 3. The molecule has 0 unspecified atom stereocenters. The fourth-order valence-electron chi connectivity index (χ4n) is 4.29. The maximum Gasteiger partial charge on any atom is 0.261 e. The molecule has 3 amide bonds. The Kier molecular flexibility index (Phi) is 11.4. The van der Waals surface area contributed by atoms with Gasteiger partial charge in [-0.1, -0.05) is 12.1 Å². The van der Waals surface area contributed by atoms with Gasteiger partial charge < -0.3 is 31.9 Å². The summed E-state index contributed by atoms with van der Waals surface area (Å²) < 4.78 is 0. The van der Waals surface area contributed by atoms with Crippen molar-refractivity contribution in [3.8, 4) is 0 Å². The zero-order chi connectivity index (χ0) is 26.6. The maximum atomic E-state index is 13.2. The van der Waals surface area contributed by atoms with Gasteiger partial charge in [-0.25, -0.2) is 0 Å². The molecule has 2 aromatic rings. The lowest BCUT2D eigenvalue weighted by atomic mass is 9.93. The van der Waals surface area contributed by atoms with Crippen LogP contribution in [0.5, 0.6) is 0 Å². The number of anilines is 1. The molecule has 37 heavy (non-hydrogen) atoms. The van der Waals surface area contributed by atoms with Crippen LogP contribution < -0.4 is 27.0 Å². The Bertz CT molecular complexity index is 1070. The molecule has 0 fully saturated rings. The Hall–Kier alpha value is -2.89. The van der Waals surface area contributed by atoms with Gasteiger partial charge in [0.1, 0.15) is 0 Å². The number of benzene rings is 2. The van der Waals surface area contributed by atoms with Gasteiger partial charge in [-0.15, -0.1) is 0 Å². The molecule has 0 atom stereocenters. The number of nitrogens with two attached hydrogens (primary N) is 1. The zero-order valence-electron chi connectivity index (χ0n) is 22.1. The summed E-state index contributed by atoms with van der Waals surface area (Å²) in [6.07, 6.45) is 2.99. The molecular weight excluding hydrogens is 470 g/mol. The fraction of sp³-hybridized carbons (Fsp3) is 0.519. The van der Waals surface area contributed by atoms with Gasteiger partial charge in [0.05, 0.1) is 12.1 Å². The number of hydrogen-bond acceptors (Lipinski definition) is 8. The van der Waals surface area contributed by atoms with E-state index in [-0.39, 0.29) is 24.3 Å². The van der Waals surface area contributed by atoms with Crippen molar-refractivity contribution in [1.29, 1.82) is 0 Å². The summed E-state index contributed by atoms with van der Waals surface area (Å²) in [6, 6.07) is 8.90. The SMILES string of the molecule is CN(C)CCN1C(=O)c2cccc3cc(NC(=O)CNCCCNCCCNCCCN)cc(c23)C1=O. The van der Waals surface area contributed by atoms with Crippen molar-refractivity contribution in [2.45, 2.75) is 19.3 Å². The van der Waals surface area contributed by atoms with Crippen LogP contribution in [0.3, 0.4) is 0 Å². The van der Waals surface area contributed by atoms with Crippen LogP contribution in [-0.4, -0.2) is 101 Å². The summed E-state index contributed by atoms with van der Waals surface area (Å²) in [7, 11) is 3.80. The number of nitrogens with zero attached hydrogens (tertiary/aromatic N) is 2. The predicted molar refractivity (Wildman–Crippen MR) is 148 cm³/mol. The van der Waals surface area contributed by atoms with Crippen molar-refractivity contribution in [2.24, 2.45) is 5.73 Å². The lowest BCUT2D eigenvalue weighted by Gasteiger charge is -2.28. The molecule has 1 aliphatic heterocycles. The highest BCUT2D eigenvalue weighted by Gasteiger charge is 2.33. The lowest BCUT2D eigenvalue weighted by Crippen LogP contribution is -2.43. The monoisotopic (exact) mass is 511 g/mol. The second kappa shape index (κ2) is 14.7. The molecule has 0 saturated carbocycles. The number of carbonyl (C=O) groups is 3. The van der Waals surface area contributed by atoms with Crippen molar-refractivity contribution in [3.63, 3.8) is 0 Å². The minimum Gasteiger partial charge on any atom is -0.330 e. The number of hydrogen-bond donors (Lipinski definition) is 5. The third-order valence-electron chi connectivity index (χ3n) is 6.24. The first-order chi connectivity index (χ1) is 17.9. The van der Waals surface area contributed by atoms with E-state index in [0.717, 1.165) is 63.9 Å². The maximum absolute atomic E-state index is 13.2. The van der Waals surface area contributed by atoms with Gasteiger partial charge in [-0.2, -0.15) is 0 Å². The van der Waals surface area contributed by atoms with Crippen LogP contribution >= 0.6 is 0 Å². The van der Waals surface area contributed by atoms with Crippen LogP contribution in [0.25, 0.3) is 10.8 Å². The van der Waals surface area contributed by atoms with Crippen molar-refractivity contribution >= 4 is 34.2 Å². The predicted octanol–water partition coefficient (Wildman–Crippen LogP) is 0.834. The highest BCUT2D eigenvalue weighted by Crippen LogP contribution is 2.32. The van der Waals surface area contributed by atoms with E-state index in [2.05, 4.69) is 21.3 Å². The summed E-state index contributed by atoms with van der Waals surface area (Å²) in [4.78, 5) is 41.9. The number of amides is 3. The van der Waals surface area contributed by atoms with E-state index >= 15 is 0 Å². The van der Waals surface area contributed by atoms with E-state index in [9.17, 15) is 14.4 Å². The van der Waals surface area contributed by atoms with Crippen LogP contribution in [0.2, 0.25) is 0 Å². The minimum absolute atomic E-state index is 0.178. The van der Waals surface area contributed by atoms with Crippen LogP contribution in [0, 0.1) is 0 Å². The van der Waals surface area contributed by atoms with Crippen LogP contribution in [0.1, 0.15) is 40.0 Å². The Morgan fingerprint density at radius 2 is 1.54 bits per heavy atom. The Labute approximate surface area is 219 Å². The van der Waals surface area contributed by atoms with E-state index in [1.54, 1.807) is 18.2 Å². The van der Waals surface area contributed by atoms with Crippen LogP contribution in [-0.2, 0) is 4.79 Å². The largest absolute Gasteiger partial charge is 0.330 e. The molecule has 6 N–H and O–H groups in total. The molecule has 0 spiro atoms. The first kappa shape index (κ1) is 28.7. The molecule has 202 valence electrons. The third-order valence-corrected chi connectivity index (χ3v) is 6.24. The Balaban J connectivity index is 1.47. The smallest absolute Gasteiger partial charge is 0.261 e. The van der Waals surface area contributed by atoms with Gasteiger partial charge in [0.2, 0.25) is 5.91 Å². The summed E-state index contributed by atoms with van der Waals surface area (Å²) in [5, 5.41) is 14.2. The average Bonchev–Trinajstić information content (AvgIpc) is 2.87. The Morgan fingerprint density at radius 1 is 0.892 bits per heavy atom. The highest BCUT2D eigenvalue weighted by molar-refractivity contribution is 6.26. The van der Waals surface area contributed by atoms with E-state index in [1.165, 1.54) is 4.90 Å². The van der Waals surface area contributed by atoms with Crippen molar-refractivity contribution in [1.82, 2.24) is 25.8 Å². The first-order valence-corrected chi connectivity index (χ1v) is 13.1. The summed E-state index contributed by atoms with van der Waals surface area (Å²) >= 11 is 0. The molecule has 0 aromatic heterocycles. The van der Waals surface area contributed by atoms with E-state index in [4.69, 9.17) is 5.73 Å². The molecule has 1 aliphatic rings. The van der Waals surface area contributed by atoms with Gasteiger partial charge >= 0.3 is 0 Å². The molecule has 0 radical (unpaired) electrons. The third kappa shape index (κ3) is 8.31. The van der Waals surface area contributed by atoms with Gasteiger partial charge in [-0.3, -0.25) is 19.3 Å². The minimum atomic E-state index is -0.330. The summed E-state index contributed by atoms with van der Waals surface area (Å²) in [5.74, 6) is -0.786. The number of likely N-dealkylation sites (N-methyl/N-ethyl adjacent to an activating group) is 1. The molecular formula is C27H41N7O3. The van der Waals surface area contributed by atoms with Gasteiger partial charge in [0.25, 0.3) is 11.8 Å². The Morgan fingerprint density at radius 3 is 2.22 bits per heavy atom. The molecule has 0 aliphatic carbocycles. The highest BCUT2D eigenvalue weighted by atomic mass is 16.2. The van der Waals surface area contributed by atoms with Crippen molar-refractivity contribution in [2.75, 3.05) is 78.3 Å². The average molecular weight is 512 g/mol. The second-order valence-electron chi connectivity index (χ2n) is 9.57. The molecule has 10 heteroatoms. The molecule has 0 saturated heterocycles. The van der Waals surface area contributed by atoms with Gasteiger partial charge in [0, 0.05) is 29.7 Å². The summed E-state index contributed by atoms with van der Waals surface area (Å²) in [5.41, 5.74) is 6.97. The number of imide groups is 1. The molecule has 3 rings (SSSR count). The molecule has 2 aromatic carbocycles. The van der Waals surface area contributed by atoms with Crippen LogP contribution in [0.4, 0.5) is 5.69 Å². The summed E-state index contributed by atoms with van der Waals surface area (Å²) in [6.45, 7) is 6.31. The first-order valence-electron chi connectivity index (χ1n) is 13.1. The van der Waals surface area contributed by atoms with E-state index in [1.807, 2.05) is 31.1 Å². The van der Waals surface area contributed by atoms with Gasteiger partial charge in [-0.05, 0) is 96.2 Å². The van der Waals surface area contributed by atoms with Crippen molar-refractivity contribution in [3.05, 3.63) is 41.5 Å². The topological polar surface area (TPSA) is 132 Å². The van der Waals surface area contributed by atoms with Crippen LogP contribution in [0.15, 0.2) is 30.3 Å². The number of nitrogens with one attached hydrogen (secondary N) is 4. The standard InChI is InChI=1S/C27H41N7O3/c1-33(2)15-16-34-26(36)22-8-3-7-20-17-21(18-23(25(20)22)27(34)37)32-24(35)19-31-14-6-13-30-12-5-11-29-10-4-9-28/h3,7-8,17-18,29-31H,4-6,9-16,19,28H2,1-2H3,(H,32,35). The fourth-order valence-corrected chi connectivity index (χ4v) is 4.29. The lowest BCUT2D eigenvalue weighted by molar-refractivity contribution is -0.115. The molecule has 0 bridgehead atoms. The van der Waals surface area contributed by atoms with Gasteiger partial charge in [0.15, 0.2) is 0 Å². The number of rotatable bonds is 17. The quantitative estimate of drug-likeness (QED) is 0.156. The molecule has 10 nitrogen and oxygen atoms in total.